The van der Waals surface area contributed by atoms with E-state index >= 15 is 0 Å². The largest absolute Gasteiger partial charge is 0.324 e. The first-order chi connectivity index (χ1) is 9.59. The highest BCUT2D eigenvalue weighted by atomic mass is 14.7. The van der Waals surface area contributed by atoms with Gasteiger partial charge >= 0.3 is 0 Å². The predicted octanol–water partition coefficient (Wildman–Crippen LogP) is 5.17. The van der Waals surface area contributed by atoms with Crippen LogP contribution in [0.3, 0.4) is 0 Å². The van der Waals surface area contributed by atoms with Crippen LogP contribution in [0.1, 0.15) is 81.9 Å². The van der Waals surface area contributed by atoms with E-state index in [1.165, 1.54) is 50.5 Å². The van der Waals surface area contributed by atoms with Crippen molar-refractivity contribution in [3.05, 3.63) is 35.4 Å². The summed E-state index contributed by atoms with van der Waals surface area (Å²) >= 11 is 0. The van der Waals surface area contributed by atoms with Crippen molar-refractivity contribution in [3.63, 3.8) is 0 Å². The Hall–Kier alpha value is -0.820. The molecule has 3 rings (SSSR count). The summed E-state index contributed by atoms with van der Waals surface area (Å²) in [4.78, 5) is 0. The second-order valence-corrected chi connectivity index (χ2v) is 7.62. The molecule has 1 aromatic rings. The summed E-state index contributed by atoms with van der Waals surface area (Å²) in [5.74, 6) is 1.42. The first-order valence-electron chi connectivity index (χ1n) is 8.44. The van der Waals surface area contributed by atoms with Crippen LogP contribution in [0.15, 0.2) is 24.3 Å². The molecule has 1 heteroatoms. The first-order valence-corrected chi connectivity index (χ1v) is 8.44. The minimum atomic E-state index is 0.224. The summed E-state index contributed by atoms with van der Waals surface area (Å²) in [5, 5.41) is 0. The Balaban J connectivity index is 1.88. The Morgan fingerprint density at radius 1 is 1.05 bits per heavy atom. The fourth-order valence-corrected chi connectivity index (χ4v) is 4.31. The molecule has 0 heterocycles. The lowest BCUT2D eigenvalue weighted by Gasteiger charge is -2.43. The average molecular weight is 271 g/mol. The van der Waals surface area contributed by atoms with Crippen LogP contribution in [-0.2, 0) is 0 Å². The molecular formula is C19H29N. The van der Waals surface area contributed by atoms with E-state index in [9.17, 15) is 0 Å². The van der Waals surface area contributed by atoms with Crippen molar-refractivity contribution in [2.75, 3.05) is 0 Å². The molecule has 0 amide bonds. The van der Waals surface area contributed by atoms with Crippen LogP contribution in [0, 0.1) is 11.3 Å². The SMILES string of the molecule is CC1(C)CCCCC1C(N)c1ccccc1C1CCC1. The molecule has 0 aromatic heterocycles. The molecular weight excluding hydrogens is 242 g/mol. The molecule has 0 aliphatic heterocycles. The van der Waals surface area contributed by atoms with Gasteiger partial charge in [0.2, 0.25) is 0 Å². The van der Waals surface area contributed by atoms with Crippen LogP contribution in [0.5, 0.6) is 0 Å². The highest BCUT2D eigenvalue weighted by Gasteiger charge is 2.37. The lowest BCUT2D eigenvalue weighted by atomic mass is 9.64. The Bertz CT molecular complexity index is 459. The van der Waals surface area contributed by atoms with Gasteiger partial charge in [-0.1, -0.05) is 57.4 Å². The number of rotatable bonds is 3. The van der Waals surface area contributed by atoms with Crippen molar-refractivity contribution in [3.8, 4) is 0 Å². The highest BCUT2D eigenvalue weighted by molar-refractivity contribution is 5.34. The summed E-state index contributed by atoms with van der Waals surface area (Å²) in [6.45, 7) is 4.84. The Morgan fingerprint density at radius 3 is 2.45 bits per heavy atom. The topological polar surface area (TPSA) is 26.0 Å². The molecule has 0 saturated heterocycles. The zero-order chi connectivity index (χ0) is 14.2. The van der Waals surface area contributed by atoms with Gasteiger partial charge in [0.05, 0.1) is 0 Å². The third-order valence-corrected chi connectivity index (χ3v) is 5.92. The maximum Gasteiger partial charge on any atom is 0.0331 e. The number of hydrogen-bond donors (Lipinski definition) is 1. The van der Waals surface area contributed by atoms with Gasteiger partial charge < -0.3 is 5.73 Å². The van der Waals surface area contributed by atoms with Crippen molar-refractivity contribution in [2.45, 2.75) is 70.8 Å². The van der Waals surface area contributed by atoms with Crippen molar-refractivity contribution in [1.82, 2.24) is 0 Å². The Morgan fingerprint density at radius 2 is 1.80 bits per heavy atom. The van der Waals surface area contributed by atoms with Gasteiger partial charge in [-0.05, 0) is 54.1 Å². The van der Waals surface area contributed by atoms with Crippen molar-refractivity contribution in [2.24, 2.45) is 17.1 Å². The van der Waals surface area contributed by atoms with Gasteiger partial charge in [-0.2, -0.15) is 0 Å². The second kappa shape index (κ2) is 5.52. The molecule has 20 heavy (non-hydrogen) atoms. The molecule has 2 atom stereocenters. The molecule has 0 radical (unpaired) electrons. The second-order valence-electron chi connectivity index (χ2n) is 7.62. The van der Waals surface area contributed by atoms with E-state index in [2.05, 4.69) is 38.1 Å². The lowest BCUT2D eigenvalue weighted by Crippen LogP contribution is -2.37. The summed E-state index contributed by atoms with van der Waals surface area (Å²) in [7, 11) is 0. The van der Waals surface area contributed by atoms with Crippen LogP contribution in [-0.4, -0.2) is 0 Å². The van der Waals surface area contributed by atoms with Crippen LogP contribution >= 0.6 is 0 Å². The van der Waals surface area contributed by atoms with E-state index in [0.29, 0.717) is 11.3 Å². The zero-order valence-corrected chi connectivity index (χ0v) is 13.1. The van der Waals surface area contributed by atoms with Crippen LogP contribution < -0.4 is 5.73 Å². The quantitative estimate of drug-likeness (QED) is 0.806. The van der Waals surface area contributed by atoms with Gasteiger partial charge in [0, 0.05) is 6.04 Å². The van der Waals surface area contributed by atoms with Crippen molar-refractivity contribution in [1.29, 1.82) is 0 Å². The monoisotopic (exact) mass is 271 g/mol. The van der Waals surface area contributed by atoms with E-state index in [1.54, 1.807) is 5.56 Å². The van der Waals surface area contributed by atoms with Gasteiger partial charge in [0.25, 0.3) is 0 Å². The molecule has 2 saturated carbocycles. The van der Waals surface area contributed by atoms with Crippen LogP contribution in [0.25, 0.3) is 0 Å². The minimum Gasteiger partial charge on any atom is -0.324 e. The average Bonchev–Trinajstić information content (AvgIpc) is 2.36. The van der Waals surface area contributed by atoms with Gasteiger partial charge in [-0.25, -0.2) is 0 Å². The van der Waals surface area contributed by atoms with E-state index in [-0.39, 0.29) is 6.04 Å². The van der Waals surface area contributed by atoms with E-state index < -0.39 is 0 Å². The molecule has 0 bridgehead atoms. The summed E-state index contributed by atoms with van der Waals surface area (Å²) in [5.41, 5.74) is 10.1. The molecule has 2 N–H and O–H groups in total. The fourth-order valence-electron chi connectivity index (χ4n) is 4.31. The maximum absolute atomic E-state index is 6.76. The van der Waals surface area contributed by atoms with Gasteiger partial charge in [0.15, 0.2) is 0 Å². The van der Waals surface area contributed by atoms with Crippen LogP contribution in [0.4, 0.5) is 0 Å². The molecule has 0 spiro atoms. The van der Waals surface area contributed by atoms with Gasteiger partial charge in [-0.3, -0.25) is 0 Å². The van der Waals surface area contributed by atoms with E-state index in [4.69, 9.17) is 5.73 Å². The van der Waals surface area contributed by atoms with E-state index in [0.717, 1.165) is 5.92 Å². The molecule has 1 aromatic carbocycles. The molecule has 110 valence electrons. The Kier molecular flexibility index (Phi) is 3.90. The number of nitrogens with two attached hydrogens (primary N) is 1. The molecule has 2 fully saturated rings. The third kappa shape index (κ3) is 2.53. The smallest absolute Gasteiger partial charge is 0.0331 e. The molecule has 1 nitrogen and oxygen atoms in total. The Labute approximate surface area is 124 Å². The molecule has 2 unspecified atom stereocenters. The third-order valence-electron chi connectivity index (χ3n) is 5.92. The normalized spacial score (nSPS) is 27.9. The maximum atomic E-state index is 6.76. The summed E-state index contributed by atoms with van der Waals surface area (Å²) in [6.07, 6.45) is 9.47. The van der Waals surface area contributed by atoms with Crippen LogP contribution in [0.2, 0.25) is 0 Å². The van der Waals surface area contributed by atoms with Gasteiger partial charge in [0.1, 0.15) is 0 Å². The standard InChI is InChI=1S/C19H29N/c1-19(2)13-6-5-12-17(19)18(20)16-11-4-3-10-15(16)14-8-7-9-14/h3-4,10-11,14,17-18H,5-9,12-13,20H2,1-2H3. The first kappa shape index (κ1) is 14.1. The number of hydrogen-bond acceptors (Lipinski definition) is 1. The van der Waals surface area contributed by atoms with Gasteiger partial charge in [-0.15, -0.1) is 0 Å². The molecule has 2 aliphatic rings. The highest BCUT2D eigenvalue weighted by Crippen LogP contribution is 2.48. The lowest BCUT2D eigenvalue weighted by molar-refractivity contribution is 0.112. The zero-order valence-electron chi connectivity index (χ0n) is 13.1. The predicted molar refractivity (Wildman–Crippen MR) is 85.7 cm³/mol. The minimum absolute atomic E-state index is 0.224. The van der Waals surface area contributed by atoms with Crippen molar-refractivity contribution >= 4 is 0 Å². The molecule has 2 aliphatic carbocycles. The van der Waals surface area contributed by atoms with E-state index in [1.807, 2.05) is 0 Å². The summed E-state index contributed by atoms with van der Waals surface area (Å²) in [6, 6.07) is 9.21. The summed E-state index contributed by atoms with van der Waals surface area (Å²) < 4.78 is 0. The van der Waals surface area contributed by atoms with Crippen molar-refractivity contribution < 1.29 is 0 Å². The number of benzene rings is 1. The fraction of sp³-hybridized carbons (Fsp3) is 0.684.